The standard InChI is InChI=1S/C47H46N2.C8H12.H2OS/c1-7-18-40-39(9-3)45(32(4)5)42-30-37(26-27-41(42)46(40)43-23-16-17-28-48-43)38-25-24-33(6)44(31-38)49-47(36-21-14-11-15-22-36)35(8-2)29-34-19-12-10-13-20-34;1-3-5-7-8-6-4-2;1-2/h7,9-28,30-32,35H,1,8,29H2,2-6H3;3,5-8H,1,4H2,2H3;1-2H/b39-9+,40-18+,49-47?;7-5-,8-6+;/t35-;;/m0../s1. The third-order valence-electron chi connectivity index (χ3n) is 10.3. The molecule has 1 atom stereocenters. The number of benzene rings is 5. The molecule has 3 nitrogen and oxygen atoms in total. The molecule has 0 spiro atoms. The van der Waals surface area contributed by atoms with Gasteiger partial charge in [-0.3, -0.25) is 9.98 Å². The third-order valence-corrected chi connectivity index (χ3v) is 10.3. The molecule has 4 heteroatoms. The molecule has 0 fully saturated rings. The van der Waals surface area contributed by atoms with Gasteiger partial charge in [0.15, 0.2) is 0 Å². The van der Waals surface area contributed by atoms with Gasteiger partial charge < -0.3 is 4.55 Å². The van der Waals surface area contributed by atoms with Gasteiger partial charge in [-0.25, -0.2) is 0 Å². The van der Waals surface area contributed by atoms with E-state index in [9.17, 15) is 0 Å². The fourth-order valence-electron chi connectivity index (χ4n) is 7.48. The molecule has 0 unspecified atom stereocenters. The zero-order valence-corrected chi connectivity index (χ0v) is 36.5. The Morgan fingerprint density at radius 1 is 0.763 bits per heavy atom. The average Bonchev–Trinajstić information content (AvgIpc) is 3.28. The molecule has 0 aliphatic rings. The quantitative estimate of drug-likeness (QED) is 0.0529. The number of pyridine rings is 1. The minimum absolute atomic E-state index is 0.289. The normalized spacial score (nSPS) is 12.7. The van der Waals surface area contributed by atoms with Crippen LogP contribution in [0.4, 0.5) is 5.69 Å². The number of nitrogens with zero attached hydrogens (tertiary/aromatic N) is 2. The molecule has 0 saturated carbocycles. The lowest BCUT2D eigenvalue weighted by Crippen LogP contribution is -2.32. The molecule has 0 amide bonds. The lowest BCUT2D eigenvalue weighted by molar-refractivity contribution is 0.663. The van der Waals surface area contributed by atoms with E-state index >= 15 is 0 Å². The lowest BCUT2D eigenvalue weighted by Gasteiger charge is -2.20. The van der Waals surface area contributed by atoms with E-state index < -0.39 is 0 Å². The van der Waals surface area contributed by atoms with E-state index in [1.54, 1.807) is 6.08 Å². The molecule has 0 saturated heterocycles. The van der Waals surface area contributed by atoms with Crippen molar-refractivity contribution >= 4 is 47.2 Å². The van der Waals surface area contributed by atoms with Gasteiger partial charge in [0, 0.05) is 17.7 Å². The summed E-state index contributed by atoms with van der Waals surface area (Å²) >= 11 is 2.53. The zero-order chi connectivity index (χ0) is 42.6. The summed E-state index contributed by atoms with van der Waals surface area (Å²) in [6.07, 6.45) is 20.9. The first kappa shape index (κ1) is 45.9. The Morgan fingerprint density at radius 2 is 1.44 bits per heavy atom. The van der Waals surface area contributed by atoms with Crippen LogP contribution in [-0.4, -0.2) is 15.2 Å². The van der Waals surface area contributed by atoms with Gasteiger partial charge in [-0.1, -0.05) is 180 Å². The van der Waals surface area contributed by atoms with Gasteiger partial charge in [-0.2, -0.15) is 0 Å². The maximum Gasteiger partial charge on any atom is 0.0714 e. The van der Waals surface area contributed by atoms with Crippen LogP contribution >= 0.6 is 12.9 Å². The van der Waals surface area contributed by atoms with Crippen molar-refractivity contribution in [3.8, 4) is 22.4 Å². The van der Waals surface area contributed by atoms with Crippen LogP contribution in [0, 0.1) is 12.8 Å². The Balaban J connectivity index is 0.000000689. The SMILES string of the molecule is C=C/C=C\C=C\CC.C=C/C=c1/c(-c2ccccn2)c2ccc(-c3ccc(C)c(N=C(c4ccccc4)[C@@H](CC)Cc4ccccc4)c3)cc2c(C(C)C)/c1=C/C.OS. The summed E-state index contributed by atoms with van der Waals surface area (Å²) in [7, 11) is 0. The Labute approximate surface area is 359 Å². The van der Waals surface area contributed by atoms with Gasteiger partial charge in [0.05, 0.1) is 17.1 Å². The van der Waals surface area contributed by atoms with Crippen LogP contribution in [0.15, 0.2) is 176 Å². The largest absolute Gasteiger partial charge is 0.333 e. The number of allylic oxidation sites excluding steroid dienone is 6. The number of fused-ring (bicyclic) bond motifs is 1. The molecule has 1 aromatic heterocycles. The molecule has 5 aromatic carbocycles. The van der Waals surface area contributed by atoms with E-state index in [0.29, 0.717) is 5.92 Å². The van der Waals surface area contributed by atoms with E-state index in [4.69, 9.17) is 14.5 Å². The predicted molar refractivity (Wildman–Crippen MR) is 262 cm³/mol. The minimum Gasteiger partial charge on any atom is -0.333 e. The first-order valence-electron chi connectivity index (χ1n) is 20.6. The highest BCUT2D eigenvalue weighted by atomic mass is 32.1. The summed E-state index contributed by atoms with van der Waals surface area (Å²) in [6, 6.07) is 41.3. The molecule has 1 heterocycles. The first-order valence-corrected chi connectivity index (χ1v) is 21.0. The van der Waals surface area contributed by atoms with Crippen molar-refractivity contribution in [2.75, 3.05) is 0 Å². The van der Waals surface area contributed by atoms with Crippen molar-refractivity contribution in [2.45, 2.75) is 66.7 Å². The van der Waals surface area contributed by atoms with Crippen LogP contribution in [0.3, 0.4) is 0 Å². The zero-order valence-electron chi connectivity index (χ0n) is 35.6. The van der Waals surface area contributed by atoms with E-state index in [2.05, 4.69) is 195 Å². The summed E-state index contributed by atoms with van der Waals surface area (Å²) < 4.78 is 6.69. The van der Waals surface area contributed by atoms with Crippen LogP contribution in [0.1, 0.15) is 75.6 Å². The molecular weight excluding hydrogens is 737 g/mol. The summed E-state index contributed by atoms with van der Waals surface area (Å²) in [5.74, 6) is 0.610. The second-order valence-electron chi connectivity index (χ2n) is 14.6. The average molecular weight is 797 g/mol. The van der Waals surface area contributed by atoms with Crippen LogP contribution in [-0.2, 0) is 6.42 Å². The minimum atomic E-state index is 0.289. The molecule has 0 aliphatic carbocycles. The summed E-state index contributed by atoms with van der Waals surface area (Å²) in [5, 5.41) is 4.87. The summed E-state index contributed by atoms with van der Waals surface area (Å²) in [4.78, 5) is 10.3. The smallest absolute Gasteiger partial charge is 0.0714 e. The molecule has 59 heavy (non-hydrogen) atoms. The molecule has 1 N–H and O–H groups in total. The highest BCUT2D eigenvalue weighted by Crippen LogP contribution is 2.35. The highest BCUT2D eigenvalue weighted by Gasteiger charge is 2.19. The second-order valence-corrected chi connectivity index (χ2v) is 14.6. The van der Waals surface area contributed by atoms with Gasteiger partial charge in [0.1, 0.15) is 0 Å². The van der Waals surface area contributed by atoms with Crippen molar-refractivity contribution in [1.82, 2.24) is 4.98 Å². The fraction of sp³-hybridized carbons (Fsp3) is 0.200. The van der Waals surface area contributed by atoms with Crippen molar-refractivity contribution < 1.29 is 4.55 Å². The molecule has 6 aromatic rings. The highest BCUT2D eigenvalue weighted by molar-refractivity contribution is 7.74. The van der Waals surface area contributed by atoms with Crippen LogP contribution < -0.4 is 10.4 Å². The third kappa shape index (κ3) is 12.1. The summed E-state index contributed by atoms with van der Waals surface area (Å²) in [5.41, 5.74) is 11.6. The maximum atomic E-state index is 6.69. The van der Waals surface area contributed by atoms with E-state index in [0.717, 1.165) is 47.5 Å². The van der Waals surface area contributed by atoms with Crippen LogP contribution in [0.25, 0.3) is 45.3 Å². The Morgan fingerprint density at radius 3 is 2.05 bits per heavy atom. The Hall–Kier alpha value is -5.81. The predicted octanol–water partition coefficient (Wildman–Crippen LogP) is 14.2. The first-order chi connectivity index (χ1) is 28.8. The number of hydrogen-bond acceptors (Lipinski definition) is 4. The van der Waals surface area contributed by atoms with E-state index in [1.165, 1.54) is 49.0 Å². The van der Waals surface area contributed by atoms with Gasteiger partial charge in [0.2, 0.25) is 0 Å². The number of aryl methyl sites for hydroxylation is 1. The topological polar surface area (TPSA) is 45.5 Å². The molecule has 0 aliphatic heterocycles. The van der Waals surface area contributed by atoms with Gasteiger partial charge in [-0.15, -0.1) is 0 Å². The maximum absolute atomic E-state index is 6.69. The van der Waals surface area contributed by atoms with Crippen molar-refractivity contribution in [1.29, 1.82) is 0 Å². The number of thiol groups is 1. The monoisotopic (exact) mass is 796 g/mol. The van der Waals surface area contributed by atoms with Gasteiger partial charge in [-0.05, 0) is 131 Å². The van der Waals surface area contributed by atoms with Crippen LogP contribution in [0.2, 0.25) is 0 Å². The number of aliphatic imine (C=N–C) groups is 1. The van der Waals surface area contributed by atoms with Crippen LogP contribution in [0.5, 0.6) is 0 Å². The number of aromatic nitrogens is 1. The van der Waals surface area contributed by atoms with Crippen molar-refractivity contribution in [3.05, 3.63) is 204 Å². The van der Waals surface area contributed by atoms with Gasteiger partial charge >= 0.3 is 0 Å². The fourth-order valence-corrected chi connectivity index (χ4v) is 7.48. The van der Waals surface area contributed by atoms with Crippen molar-refractivity contribution in [2.24, 2.45) is 10.9 Å². The van der Waals surface area contributed by atoms with Crippen molar-refractivity contribution in [3.63, 3.8) is 0 Å². The Bertz CT molecular complexity index is 2480. The second kappa shape index (κ2) is 24.2. The van der Waals surface area contributed by atoms with E-state index in [1.807, 2.05) is 36.6 Å². The number of hydrogen-bond donors (Lipinski definition) is 2. The number of rotatable bonds is 13. The summed E-state index contributed by atoms with van der Waals surface area (Å²) in [6.45, 7) is 20.9. The lowest BCUT2D eigenvalue weighted by atomic mass is 9.86. The Kier molecular flexibility index (Phi) is 18.8. The molecule has 302 valence electrons. The molecule has 0 bridgehead atoms. The van der Waals surface area contributed by atoms with Gasteiger partial charge in [0.25, 0.3) is 0 Å². The van der Waals surface area contributed by atoms with E-state index in [-0.39, 0.29) is 5.92 Å². The molecule has 6 rings (SSSR count). The molecule has 0 radical (unpaired) electrons. The molecular formula is C55H60N2OS.